The molecule has 3 heteroatoms. The zero-order chi connectivity index (χ0) is 12.0. The second-order valence-electron chi connectivity index (χ2n) is 5.29. The van der Waals surface area contributed by atoms with E-state index in [2.05, 4.69) is 21.2 Å². The molecule has 1 amide bonds. The van der Waals surface area contributed by atoms with Crippen molar-refractivity contribution in [3.05, 3.63) is 28.2 Å². The lowest BCUT2D eigenvalue weighted by molar-refractivity contribution is -0.118. The molecule has 0 aliphatic heterocycles. The molecule has 2 nitrogen and oxygen atoms in total. The average Bonchev–Trinajstić information content (AvgIpc) is 2.72. The molecule has 2 fully saturated rings. The van der Waals surface area contributed by atoms with Gasteiger partial charge in [0.1, 0.15) is 0 Å². The predicted octanol–water partition coefficient (Wildman–Crippen LogP) is 3.74. The van der Waals surface area contributed by atoms with Crippen LogP contribution in [0, 0.1) is 24.7 Å². The van der Waals surface area contributed by atoms with Gasteiger partial charge in [0, 0.05) is 16.1 Å². The Hall–Kier alpha value is -0.830. The molecule has 17 heavy (non-hydrogen) atoms. The van der Waals surface area contributed by atoms with E-state index in [1.807, 2.05) is 25.1 Å². The minimum atomic E-state index is 0.220. The third-order valence-corrected chi connectivity index (χ3v) is 4.48. The van der Waals surface area contributed by atoms with Gasteiger partial charge in [-0.25, -0.2) is 0 Å². The topological polar surface area (TPSA) is 29.1 Å². The molecular weight excluding hydrogens is 278 g/mol. The molecule has 0 aromatic heterocycles. The highest BCUT2D eigenvalue weighted by atomic mass is 79.9. The van der Waals surface area contributed by atoms with Crippen molar-refractivity contribution in [3.63, 3.8) is 0 Å². The summed E-state index contributed by atoms with van der Waals surface area (Å²) >= 11 is 3.45. The number of nitrogens with one attached hydrogen (secondary N) is 1. The van der Waals surface area contributed by atoms with E-state index >= 15 is 0 Å². The fraction of sp³-hybridized carbons (Fsp3) is 0.500. The van der Waals surface area contributed by atoms with Crippen molar-refractivity contribution < 1.29 is 4.79 Å². The summed E-state index contributed by atoms with van der Waals surface area (Å²) in [4.78, 5) is 12.1. The SMILES string of the molecule is Cc1cc(Br)cc(NC(=O)C2C3CCCC32)c1. The molecule has 0 heterocycles. The van der Waals surface area contributed by atoms with Crippen LogP contribution in [0.15, 0.2) is 22.7 Å². The maximum absolute atomic E-state index is 12.1. The van der Waals surface area contributed by atoms with E-state index < -0.39 is 0 Å². The molecule has 0 radical (unpaired) electrons. The Morgan fingerprint density at radius 1 is 1.29 bits per heavy atom. The first-order chi connectivity index (χ1) is 8.15. The summed E-state index contributed by atoms with van der Waals surface area (Å²) in [6.07, 6.45) is 3.82. The summed E-state index contributed by atoms with van der Waals surface area (Å²) in [7, 11) is 0. The lowest BCUT2D eigenvalue weighted by atomic mass is 10.1. The Labute approximate surface area is 110 Å². The zero-order valence-electron chi connectivity index (χ0n) is 9.87. The van der Waals surface area contributed by atoms with Gasteiger partial charge in [-0.15, -0.1) is 0 Å². The number of halogens is 1. The lowest BCUT2D eigenvalue weighted by Gasteiger charge is -2.08. The van der Waals surface area contributed by atoms with Crippen molar-refractivity contribution in [1.29, 1.82) is 0 Å². The summed E-state index contributed by atoms with van der Waals surface area (Å²) in [6.45, 7) is 2.03. The number of anilines is 1. The van der Waals surface area contributed by atoms with Crippen molar-refractivity contribution in [2.24, 2.45) is 17.8 Å². The van der Waals surface area contributed by atoms with Crippen molar-refractivity contribution >= 4 is 27.5 Å². The normalized spacial score (nSPS) is 29.9. The third kappa shape index (κ3) is 2.13. The smallest absolute Gasteiger partial charge is 0.228 e. The van der Waals surface area contributed by atoms with Crippen LogP contribution < -0.4 is 5.32 Å². The van der Waals surface area contributed by atoms with Gasteiger partial charge in [-0.05, 0) is 55.4 Å². The van der Waals surface area contributed by atoms with Gasteiger partial charge < -0.3 is 5.32 Å². The Balaban J connectivity index is 1.68. The number of fused-ring (bicyclic) bond motifs is 1. The molecule has 1 aromatic rings. The van der Waals surface area contributed by atoms with E-state index in [-0.39, 0.29) is 5.91 Å². The van der Waals surface area contributed by atoms with E-state index in [0.717, 1.165) is 15.7 Å². The molecule has 2 aliphatic carbocycles. The Kier molecular flexibility index (Phi) is 2.74. The highest BCUT2D eigenvalue weighted by Gasteiger charge is 2.56. The number of carbonyl (C=O) groups is 1. The predicted molar refractivity (Wildman–Crippen MR) is 71.8 cm³/mol. The molecule has 0 spiro atoms. The first kappa shape index (κ1) is 11.3. The maximum Gasteiger partial charge on any atom is 0.228 e. The highest BCUT2D eigenvalue weighted by molar-refractivity contribution is 9.10. The number of aryl methyl sites for hydroxylation is 1. The summed E-state index contributed by atoms with van der Waals surface area (Å²) in [6, 6.07) is 6.02. The van der Waals surface area contributed by atoms with Crippen LogP contribution in [0.1, 0.15) is 24.8 Å². The van der Waals surface area contributed by atoms with Gasteiger partial charge in [-0.2, -0.15) is 0 Å². The number of hydrogen-bond acceptors (Lipinski definition) is 1. The molecule has 0 saturated heterocycles. The second-order valence-corrected chi connectivity index (χ2v) is 6.21. The third-order valence-electron chi connectivity index (χ3n) is 4.02. The van der Waals surface area contributed by atoms with Gasteiger partial charge >= 0.3 is 0 Å². The van der Waals surface area contributed by atoms with Crippen molar-refractivity contribution in [2.75, 3.05) is 5.32 Å². The maximum atomic E-state index is 12.1. The number of amides is 1. The van der Waals surface area contributed by atoms with E-state index in [1.165, 1.54) is 19.3 Å². The Morgan fingerprint density at radius 2 is 2.00 bits per heavy atom. The average molecular weight is 294 g/mol. The Morgan fingerprint density at radius 3 is 2.65 bits per heavy atom. The number of benzene rings is 1. The van der Waals surface area contributed by atoms with Crippen LogP contribution in [-0.2, 0) is 4.79 Å². The first-order valence-corrected chi connectivity index (χ1v) is 7.02. The van der Waals surface area contributed by atoms with E-state index in [0.29, 0.717) is 17.8 Å². The molecule has 2 atom stereocenters. The fourth-order valence-corrected chi connectivity index (χ4v) is 3.85. The molecule has 0 bridgehead atoms. The van der Waals surface area contributed by atoms with E-state index in [4.69, 9.17) is 0 Å². The van der Waals surface area contributed by atoms with Gasteiger partial charge in [0.25, 0.3) is 0 Å². The van der Waals surface area contributed by atoms with Crippen LogP contribution in [0.5, 0.6) is 0 Å². The fourth-order valence-electron chi connectivity index (χ4n) is 3.24. The lowest BCUT2D eigenvalue weighted by Crippen LogP contribution is -2.16. The number of carbonyl (C=O) groups excluding carboxylic acids is 1. The van der Waals surface area contributed by atoms with Gasteiger partial charge in [0.05, 0.1) is 0 Å². The summed E-state index contributed by atoms with van der Waals surface area (Å²) in [5.41, 5.74) is 2.07. The standard InChI is InChI=1S/C14H16BrNO/c1-8-5-9(15)7-10(6-8)16-14(17)13-11-3-2-4-12(11)13/h5-7,11-13H,2-4H2,1H3,(H,16,17). The quantitative estimate of drug-likeness (QED) is 0.884. The summed E-state index contributed by atoms with van der Waals surface area (Å²) < 4.78 is 1.02. The zero-order valence-corrected chi connectivity index (χ0v) is 11.5. The molecular formula is C14H16BrNO. The Bertz CT molecular complexity index is 441. The number of hydrogen-bond donors (Lipinski definition) is 1. The summed E-state index contributed by atoms with van der Waals surface area (Å²) in [5.74, 6) is 1.88. The van der Waals surface area contributed by atoms with E-state index in [1.54, 1.807) is 0 Å². The van der Waals surface area contributed by atoms with Crippen LogP contribution >= 0.6 is 15.9 Å². The molecule has 3 rings (SSSR count). The number of rotatable bonds is 2. The van der Waals surface area contributed by atoms with Crippen molar-refractivity contribution in [3.8, 4) is 0 Å². The largest absolute Gasteiger partial charge is 0.326 e. The van der Waals surface area contributed by atoms with Crippen LogP contribution in [0.4, 0.5) is 5.69 Å². The molecule has 1 aromatic carbocycles. The molecule has 90 valence electrons. The highest BCUT2D eigenvalue weighted by Crippen LogP contribution is 2.57. The minimum Gasteiger partial charge on any atom is -0.326 e. The van der Waals surface area contributed by atoms with Crippen molar-refractivity contribution in [1.82, 2.24) is 0 Å². The van der Waals surface area contributed by atoms with Crippen LogP contribution in [0.3, 0.4) is 0 Å². The van der Waals surface area contributed by atoms with Crippen LogP contribution in [0.2, 0.25) is 0 Å². The van der Waals surface area contributed by atoms with Gasteiger partial charge in [0.15, 0.2) is 0 Å². The van der Waals surface area contributed by atoms with Gasteiger partial charge in [-0.3, -0.25) is 4.79 Å². The van der Waals surface area contributed by atoms with Gasteiger partial charge in [0.2, 0.25) is 5.91 Å². The van der Waals surface area contributed by atoms with Gasteiger partial charge in [-0.1, -0.05) is 22.4 Å². The monoisotopic (exact) mass is 293 g/mol. The minimum absolute atomic E-state index is 0.220. The summed E-state index contributed by atoms with van der Waals surface area (Å²) in [5, 5.41) is 3.05. The van der Waals surface area contributed by atoms with E-state index in [9.17, 15) is 4.79 Å². The molecule has 1 N–H and O–H groups in total. The molecule has 2 aliphatic rings. The molecule has 2 saturated carbocycles. The van der Waals surface area contributed by atoms with Crippen LogP contribution in [0.25, 0.3) is 0 Å². The van der Waals surface area contributed by atoms with Crippen LogP contribution in [-0.4, -0.2) is 5.91 Å². The molecule has 2 unspecified atom stereocenters. The van der Waals surface area contributed by atoms with Crippen molar-refractivity contribution in [2.45, 2.75) is 26.2 Å². The second kappa shape index (κ2) is 4.13. The first-order valence-electron chi connectivity index (χ1n) is 6.23.